The standard InChI is InChI=1S/C11H15BrClNO3S/c1-7(2)10(6-15)14-18(16,17)11-4-3-8(12)5-9(11)13/h3-5,7,10,14-15H,6H2,1-2H3. The van der Waals surface area contributed by atoms with Gasteiger partial charge in [-0.3, -0.25) is 0 Å². The van der Waals surface area contributed by atoms with Crippen molar-refractivity contribution in [1.82, 2.24) is 4.72 Å². The van der Waals surface area contributed by atoms with Gasteiger partial charge in [-0.1, -0.05) is 41.4 Å². The van der Waals surface area contributed by atoms with Crippen molar-refractivity contribution in [3.63, 3.8) is 0 Å². The summed E-state index contributed by atoms with van der Waals surface area (Å²) in [5.41, 5.74) is 0. The number of hydrogen-bond donors (Lipinski definition) is 2. The maximum atomic E-state index is 12.1. The minimum absolute atomic E-state index is 0.00599. The number of aliphatic hydroxyl groups is 1. The molecular weight excluding hydrogens is 342 g/mol. The van der Waals surface area contributed by atoms with E-state index in [1.165, 1.54) is 12.1 Å². The van der Waals surface area contributed by atoms with Crippen molar-refractivity contribution in [3.8, 4) is 0 Å². The summed E-state index contributed by atoms with van der Waals surface area (Å²) in [6, 6.07) is 4.00. The van der Waals surface area contributed by atoms with Crippen LogP contribution >= 0.6 is 27.5 Å². The fourth-order valence-electron chi connectivity index (χ4n) is 1.34. The fourth-order valence-corrected chi connectivity index (χ4v) is 3.75. The number of benzene rings is 1. The van der Waals surface area contributed by atoms with E-state index in [4.69, 9.17) is 16.7 Å². The minimum Gasteiger partial charge on any atom is -0.395 e. The first-order chi connectivity index (χ1) is 8.27. The monoisotopic (exact) mass is 355 g/mol. The molecule has 0 saturated heterocycles. The molecule has 4 nitrogen and oxygen atoms in total. The molecule has 0 radical (unpaired) electrons. The smallest absolute Gasteiger partial charge is 0.242 e. The average Bonchev–Trinajstić information content (AvgIpc) is 2.24. The van der Waals surface area contributed by atoms with E-state index < -0.39 is 16.1 Å². The zero-order valence-corrected chi connectivity index (χ0v) is 13.2. The second kappa shape index (κ2) is 6.34. The molecule has 0 aliphatic rings. The van der Waals surface area contributed by atoms with E-state index in [0.29, 0.717) is 4.47 Å². The molecule has 1 aromatic rings. The summed E-state index contributed by atoms with van der Waals surface area (Å²) in [5, 5.41) is 9.29. The van der Waals surface area contributed by atoms with Crippen LogP contribution in [0.1, 0.15) is 13.8 Å². The Kier molecular flexibility index (Phi) is 5.61. The SMILES string of the molecule is CC(C)C(CO)NS(=O)(=O)c1ccc(Br)cc1Cl. The summed E-state index contributed by atoms with van der Waals surface area (Å²) in [5.74, 6) is -0.0148. The lowest BCUT2D eigenvalue weighted by atomic mass is 10.1. The maximum Gasteiger partial charge on any atom is 0.242 e. The second-order valence-electron chi connectivity index (χ2n) is 4.23. The highest BCUT2D eigenvalue weighted by Gasteiger charge is 2.23. The van der Waals surface area contributed by atoms with Gasteiger partial charge in [-0.2, -0.15) is 0 Å². The molecule has 1 atom stereocenters. The minimum atomic E-state index is -3.73. The van der Waals surface area contributed by atoms with Crippen LogP contribution in [0, 0.1) is 5.92 Å². The predicted molar refractivity (Wildman–Crippen MR) is 75.2 cm³/mol. The van der Waals surface area contributed by atoms with Crippen LogP contribution in [0.25, 0.3) is 0 Å². The quantitative estimate of drug-likeness (QED) is 0.851. The Balaban J connectivity index is 3.06. The fraction of sp³-hybridized carbons (Fsp3) is 0.455. The van der Waals surface area contributed by atoms with Gasteiger partial charge in [0.1, 0.15) is 4.90 Å². The molecule has 7 heteroatoms. The summed E-state index contributed by atoms with van der Waals surface area (Å²) < 4.78 is 27.4. The Morgan fingerprint density at radius 2 is 2.06 bits per heavy atom. The highest BCUT2D eigenvalue weighted by atomic mass is 79.9. The first-order valence-corrected chi connectivity index (χ1v) is 8.01. The number of rotatable bonds is 5. The van der Waals surface area contributed by atoms with Crippen LogP contribution < -0.4 is 4.72 Å². The summed E-state index contributed by atoms with van der Waals surface area (Å²) >= 11 is 9.12. The van der Waals surface area contributed by atoms with E-state index in [-0.39, 0.29) is 22.4 Å². The van der Waals surface area contributed by atoms with Crippen molar-refractivity contribution in [2.75, 3.05) is 6.61 Å². The van der Waals surface area contributed by atoms with Gasteiger partial charge >= 0.3 is 0 Å². The van der Waals surface area contributed by atoms with Gasteiger partial charge in [0.2, 0.25) is 10.0 Å². The van der Waals surface area contributed by atoms with Crippen LogP contribution in [0.4, 0.5) is 0 Å². The molecule has 18 heavy (non-hydrogen) atoms. The molecule has 2 N–H and O–H groups in total. The molecule has 0 aliphatic heterocycles. The molecule has 0 bridgehead atoms. The van der Waals surface area contributed by atoms with Crippen molar-refractivity contribution in [3.05, 3.63) is 27.7 Å². The Labute approximate surface area is 121 Å². The molecule has 102 valence electrons. The van der Waals surface area contributed by atoms with Crippen molar-refractivity contribution in [2.24, 2.45) is 5.92 Å². The third kappa shape index (κ3) is 3.93. The molecule has 1 unspecified atom stereocenters. The van der Waals surface area contributed by atoms with E-state index in [2.05, 4.69) is 20.7 Å². The van der Waals surface area contributed by atoms with E-state index >= 15 is 0 Å². The lowest BCUT2D eigenvalue weighted by molar-refractivity contribution is 0.227. The Hall–Kier alpha value is -0.140. The third-order valence-corrected chi connectivity index (χ3v) is 4.96. The van der Waals surface area contributed by atoms with Gasteiger partial charge in [0.15, 0.2) is 0 Å². The van der Waals surface area contributed by atoms with Crippen molar-refractivity contribution in [1.29, 1.82) is 0 Å². The van der Waals surface area contributed by atoms with E-state index in [1.54, 1.807) is 6.07 Å². The van der Waals surface area contributed by atoms with E-state index in [0.717, 1.165) is 0 Å². The van der Waals surface area contributed by atoms with Gasteiger partial charge in [-0.05, 0) is 24.1 Å². The van der Waals surface area contributed by atoms with Gasteiger partial charge < -0.3 is 5.11 Å². The highest BCUT2D eigenvalue weighted by molar-refractivity contribution is 9.10. The second-order valence-corrected chi connectivity index (χ2v) is 7.23. The van der Waals surface area contributed by atoms with Gasteiger partial charge in [0, 0.05) is 10.5 Å². The van der Waals surface area contributed by atoms with Crippen LogP contribution in [-0.4, -0.2) is 26.2 Å². The average molecular weight is 357 g/mol. The molecule has 1 aromatic carbocycles. The van der Waals surface area contributed by atoms with Gasteiger partial charge in [-0.25, -0.2) is 13.1 Å². The summed E-state index contributed by atoms with van der Waals surface area (Å²) in [6.07, 6.45) is 0. The summed E-state index contributed by atoms with van der Waals surface area (Å²) in [7, 11) is -3.73. The Morgan fingerprint density at radius 1 is 1.44 bits per heavy atom. The zero-order chi connectivity index (χ0) is 13.9. The van der Waals surface area contributed by atoms with Crippen molar-refractivity contribution in [2.45, 2.75) is 24.8 Å². The zero-order valence-electron chi connectivity index (χ0n) is 10.0. The topological polar surface area (TPSA) is 66.4 Å². The molecule has 0 fully saturated rings. The van der Waals surface area contributed by atoms with Crippen LogP contribution in [0.5, 0.6) is 0 Å². The van der Waals surface area contributed by atoms with Gasteiger partial charge in [0.25, 0.3) is 0 Å². The van der Waals surface area contributed by atoms with Crippen LogP contribution in [0.2, 0.25) is 5.02 Å². The lowest BCUT2D eigenvalue weighted by Crippen LogP contribution is -2.41. The number of nitrogens with one attached hydrogen (secondary N) is 1. The summed E-state index contributed by atoms with van der Waals surface area (Å²) in [4.78, 5) is 0.00599. The largest absolute Gasteiger partial charge is 0.395 e. The Bertz CT molecular complexity index is 519. The number of aliphatic hydroxyl groups excluding tert-OH is 1. The number of hydrogen-bond acceptors (Lipinski definition) is 3. The predicted octanol–water partition coefficient (Wildman–Crippen LogP) is 2.40. The molecule has 1 rings (SSSR count). The van der Waals surface area contributed by atoms with Crippen LogP contribution in [0.15, 0.2) is 27.6 Å². The van der Waals surface area contributed by atoms with E-state index in [9.17, 15) is 8.42 Å². The number of halogens is 2. The van der Waals surface area contributed by atoms with Crippen molar-refractivity contribution < 1.29 is 13.5 Å². The van der Waals surface area contributed by atoms with E-state index in [1.807, 2.05) is 13.8 Å². The van der Waals surface area contributed by atoms with Gasteiger partial charge in [0.05, 0.1) is 11.6 Å². The molecular formula is C11H15BrClNO3S. The Morgan fingerprint density at radius 3 is 2.50 bits per heavy atom. The molecule has 0 aliphatic carbocycles. The lowest BCUT2D eigenvalue weighted by Gasteiger charge is -2.20. The third-order valence-electron chi connectivity index (χ3n) is 2.49. The van der Waals surface area contributed by atoms with Gasteiger partial charge in [-0.15, -0.1) is 0 Å². The first-order valence-electron chi connectivity index (χ1n) is 5.36. The molecule has 0 amide bonds. The van der Waals surface area contributed by atoms with Crippen LogP contribution in [0.3, 0.4) is 0 Å². The number of sulfonamides is 1. The maximum absolute atomic E-state index is 12.1. The normalized spacial score (nSPS) is 13.9. The highest BCUT2D eigenvalue weighted by Crippen LogP contribution is 2.25. The summed E-state index contributed by atoms with van der Waals surface area (Å²) in [6.45, 7) is 3.39. The molecule has 0 aromatic heterocycles. The molecule has 0 heterocycles. The van der Waals surface area contributed by atoms with Crippen LogP contribution in [-0.2, 0) is 10.0 Å². The van der Waals surface area contributed by atoms with Crippen molar-refractivity contribution >= 4 is 37.6 Å². The first kappa shape index (κ1) is 15.9. The molecule has 0 saturated carbocycles. The molecule has 0 spiro atoms.